The Bertz CT molecular complexity index is 1150. The van der Waals surface area contributed by atoms with Gasteiger partial charge >= 0.3 is 0 Å². The van der Waals surface area contributed by atoms with E-state index in [1.165, 1.54) is 9.87 Å². The van der Waals surface area contributed by atoms with Gasteiger partial charge in [-0.3, -0.25) is 9.30 Å². The van der Waals surface area contributed by atoms with Crippen LogP contribution in [-0.4, -0.2) is 51.9 Å². The van der Waals surface area contributed by atoms with Crippen LogP contribution in [0.5, 0.6) is 0 Å². The fourth-order valence-corrected chi connectivity index (χ4v) is 5.10. The Morgan fingerprint density at radius 1 is 1.10 bits per heavy atom. The number of aromatic nitrogens is 3. The summed E-state index contributed by atoms with van der Waals surface area (Å²) in [7, 11) is -1.56. The molecule has 7 nitrogen and oxygen atoms in total. The lowest BCUT2D eigenvalue weighted by Crippen LogP contribution is -2.30. The van der Waals surface area contributed by atoms with E-state index in [1.807, 2.05) is 33.0 Å². The maximum absolute atomic E-state index is 12.8. The second kappa shape index (κ2) is 9.05. The molecule has 2 aromatic heterocycles. The minimum atomic E-state index is -3.55. The van der Waals surface area contributed by atoms with Crippen LogP contribution < -0.4 is 0 Å². The number of fused-ring (bicyclic) bond motifs is 1. The zero-order valence-electron chi connectivity index (χ0n) is 16.6. The van der Waals surface area contributed by atoms with Crippen LogP contribution in [-0.2, 0) is 23.2 Å². The predicted octanol–water partition coefficient (Wildman–Crippen LogP) is 3.75. The first-order valence-electron chi connectivity index (χ1n) is 9.28. The second-order valence-electron chi connectivity index (χ2n) is 6.75. The van der Waals surface area contributed by atoms with Gasteiger partial charge in [-0.1, -0.05) is 41.9 Å². The highest BCUT2D eigenvalue weighted by atomic mass is 79.9. The van der Waals surface area contributed by atoms with E-state index in [0.717, 1.165) is 11.0 Å². The van der Waals surface area contributed by atoms with Crippen molar-refractivity contribution in [3.8, 4) is 0 Å². The minimum absolute atomic E-state index is 0.215. The fourth-order valence-electron chi connectivity index (χ4n) is 3.14. The van der Waals surface area contributed by atoms with Crippen molar-refractivity contribution in [3.05, 3.63) is 57.4 Å². The van der Waals surface area contributed by atoms with Crippen molar-refractivity contribution >= 4 is 43.8 Å². The van der Waals surface area contributed by atoms with Gasteiger partial charge in [0.2, 0.25) is 14.8 Å². The van der Waals surface area contributed by atoms with Gasteiger partial charge in [0.05, 0.1) is 11.6 Å². The Morgan fingerprint density at radius 2 is 1.76 bits per heavy atom. The molecule has 0 radical (unpaired) electrons. The molecule has 0 fully saturated rings. The summed E-state index contributed by atoms with van der Waals surface area (Å²) in [6.45, 7) is 5.72. The van der Waals surface area contributed by atoms with Crippen LogP contribution in [0.1, 0.15) is 19.4 Å². The number of hydrogen-bond donors (Lipinski definition) is 0. The molecule has 3 aromatic rings. The molecule has 0 spiro atoms. The molecule has 0 saturated heterocycles. The van der Waals surface area contributed by atoms with Crippen molar-refractivity contribution in [2.75, 3.05) is 20.1 Å². The lowest BCUT2D eigenvalue weighted by Gasteiger charge is -2.18. The maximum atomic E-state index is 12.8. The standard InChI is InChI=1S/C19H24BrN5O2S2/c1-4-23(5-2)29(26,27)17-10-11-18-21-25(19(28)24(18)13-17)14-22(3)12-15-6-8-16(20)9-7-15/h6-11,13H,4-5,12,14H2,1-3H3. The van der Waals surface area contributed by atoms with Crippen LogP contribution in [0.3, 0.4) is 0 Å². The number of pyridine rings is 1. The first kappa shape index (κ1) is 22.1. The van der Waals surface area contributed by atoms with E-state index in [9.17, 15) is 8.42 Å². The normalized spacial score (nSPS) is 12.3. The summed E-state index contributed by atoms with van der Waals surface area (Å²) in [5.41, 5.74) is 1.80. The molecule has 0 aliphatic rings. The molecule has 29 heavy (non-hydrogen) atoms. The number of hydrogen-bond acceptors (Lipinski definition) is 5. The van der Waals surface area contributed by atoms with Gasteiger partial charge in [-0.15, -0.1) is 0 Å². The van der Waals surface area contributed by atoms with Crippen LogP contribution >= 0.6 is 28.1 Å². The lowest BCUT2D eigenvalue weighted by molar-refractivity contribution is 0.244. The molecule has 156 valence electrons. The Kier molecular flexibility index (Phi) is 6.90. The molecule has 0 bridgehead atoms. The molecule has 0 amide bonds. The summed E-state index contributed by atoms with van der Waals surface area (Å²) in [6.07, 6.45) is 1.56. The average molecular weight is 498 g/mol. The number of nitrogens with zero attached hydrogens (tertiary/aromatic N) is 5. The van der Waals surface area contributed by atoms with E-state index in [-0.39, 0.29) is 4.90 Å². The van der Waals surface area contributed by atoms with Gasteiger partial charge in [-0.05, 0) is 49.1 Å². The van der Waals surface area contributed by atoms with Gasteiger partial charge in [0.15, 0.2) is 5.65 Å². The molecule has 10 heteroatoms. The molecule has 0 aliphatic carbocycles. The molecule has 2 heterocycles. The first-order chi connectivity index (χ1) is 13.8. The van der Waals surface area contributed by atoms with Crippen molar-refractivity contribution in [1.82, 2.24) is 23.4 Å². The Morgan fingerprint density at radius 3 is 2.38 bits per heavy atom. The van der Waals surface area contributed by atoms with Crippen LogP contribution in [0.2, 0.25) is 0 Å². The molecule has 0 saturated carbocycles. The topological polar surface area (TPSA) is 62.9 Å². The molecule has 0 aliphatic heterocycles. The number of rotatable bonds is 8. The SMILES string of the molecule is CCN(CC)S(=O)(=O)c1ccc2nn(CN(C)Cc3ccc(Br)cc3)c(=S)n2c1. The van der Waals surface area contributed by atoms with E-state index in [4.69, 9.17) is 12.2 Å². The van der Waals surface area contributed by atoms with E-state index in [2.05, 4.69) is 38.1 Å². The molecule has 0 N–H and O–H groups in total. The summed E-state index contributed by atoms with van der Waals surface area (Å²) in [6, 6.07) is 11.4. The third-order valence-corrected chi connectivity index (χ3v) is 7.60. The van der Waals surface area contributed by atoms with Crippen LogP contribution in [0, 0.1) is 4.77 Å². The zero-order valence-corrected chi connectivity index (χ0v) is 19.8. The van der Waals surface area contributed by atoms with Crippen molar-refractivity contribution < 1.29 is 8.42 Å². The Labute approximate surface area is 184 Å². The average Bonchev–Trinajstić information content (AvgIpc) is 2.99. The number of benzene rings is 1. The highest BCUT2D eigenvalue weighted by Crippen LogP contribution is 2.17. The quantitative estimate of drug-likeness (QED) is 0.443. The monoisotopic (exact) mass is 497 g/mol. The van der Waals surface area contributed by atoms with Crippen molar-refractivity contribution in [2.45, 2.75) is 32.0 Å². The number of sulfonamides is 1. The maximum Gasteiger partial charge on any atom is 0.244 e. The van der Waals surface area contributed by atoms with Gasteiger partial charge in [-0.2, -0.15) is 9.40 Å². The summed E-state index contributed by atoms with van der Waals surface area (Å²) in [4.78, 5) is 2.31. The van der Waals surface area contributed by atoms with Gasteiger partial charge < -0.3 is 0 Å². The molecule has 3 rings (SSSR count). The fraction of sp³-hybridized carbons (Fsp3) is 0.368. The van der Waals surface area contributed by atoms with Crippen molar-refractivity contribution in [2.24, 2.45) is 0 Å². The third kappa shape index (κ3) is 4.77. The molecular formula is C19H24BrN5O2S2. The van der Waals surface area contributed by atoms with Gasteiger partial charge in [-0.25, -0.2) is 13.1 Å². The first-order valence-corrected chi connectivity index (χ1v) is 11.9. The predicted molar refractivity (Wildman–Crippen MR) is 120 cm³/mol. The van der Waals surface area contributed by atoms with E-state index in [0.29, 0.717) is 30.2 Å². The van der Waals surface area contributed by atoms with E-state index < -0.39 is 10.0 Å². The molecule has 1 aromatic carbocycles. The van der Waals surface area contributed by atoms with Crippen LogP contribution in [0.4, 0.5) is 0 Å². The van der Waals surface area contributed by atoms with Gasteiger partial charge in [0.25, 0.3) is 0 Å². The summed E-state index contributed by atoms with van der Waals surface area (Å²) < 4.78 is 31.9. The molecule has 0 atom stereocenters. The molecular weight excluding hydrogens is 474 g/mol. The van der Waals surface area contributed by atoms with Crippen LogP contribution in [0.15, 0.2) is 52.0 Å². The number of halogens is 1. The van der Waals surface area contributed by atoms with Crippen molar-refractivity contribution in [3.63, 3.8) is 0 Å². The van der Waals surface area contributed by atoms with Crippen LogP contribution in [0.25, 0.3) is 5.65 Å². The smallest absolute Gasteiger partial charge is 0.244 e. The largest absolute Gasteiger partial charge is 0.283 e. The van der Waals surface area contributed by atoms with Crippen molar-refractivity contribution in [1.29, 1.82) is 0 Å². The Hall–Kier alpha value is -1.59. The summed E-state index contributed by atoms with van der Waals surface area (Å²) in [5.74, 6) is 0. The zero-order chi connectivity index (χ0) is 21.2. The third-order valence-electron chi connectivity index (χ3n) is 4.63. The van der Waals surface area contributed by atoms with Gasteiger partial charge in [0.1, 0.15) is 0 Å². The Balaban J connectivity index is 1.86. The minimum Gasteiger partial charge on any atom is -0.283 e. The summed E-state index contributed by atoms with van der Waals surface area (Å²) in [5, 5.41) is 4.53. The molecule has 0 unspecified atom stereocenters. The second-order valence-corrected chi connectivity index (χ2v) is 9.97. The van der Waals surface area contributed by atoms with Gasteiger partial charge in [0, 0.05) is 30.3 Å². The highest BCUT2D eigenvalue weighted by Gasteiger charge is 2.22. The van der Waals surface area contributed by atoms with E-state index in [1.54, 1.807) is 27.4 Å². The summed E-state index contributed by atoms with van der Waals surface area (Å²) >= 11 is 9.00. The van der Waals surface area contributed by atoms with E-state index >= 15 is 0 Å². The highest BCUT2D eigenvalue weighted by molar-refractivity contribution is 9.10. The lowest BCUT2D eigenvalue weighted by atomic mass is 10.2.